The Morgan fingerprint density at radius 3 is 2.72 bits per heavy atom. The SMILES string of the molecule is CC1(C(=O)Nc2ccc(F)cc2Cl)CCNCC1. The Hall–Kier alpha value is -1.13. The standard InChI is InChI=1S/C13H16ClFN2O/c1-13(4-6-16-7-5-13)12(18)17-11-3-2-9(15)8-10(11)14/h2-3,8,16H,4-7H2,1H3,(H,17,18). The molecule has 1 fully saturated rings. The molecule has 1 aliphatic rings. The van der Waals surface area contributed by atoms with Crippen LogP contribution in [-0.4, -0.2) is 19.0 Å². The van der Waals surface area contributed by atoms with Crippen LogP contribution < -0.4 is 10.6 Å². The molecule has 2 rings (SSSR count). The van der Waals surface area contributed by atoms with Crippen molar-refractivity contribution in [3.63, 3.8) is 0 Å². The molecule has 1 aromatic carbocycles. The van der Waals surface area contributed by atoms with Crippen LogP contribution in [0, 0.1) is 11.2 Å². The third kappa shape index (κ3) is 2.82. The zero-order valence-electron chi connectivity index (χ0n) is 10.2. The number of carbonyl (C=O) groups is 1. The highest BCUT2D eigenvalue weighted by atomic mass is 35.5. The predicted molar refractivity (Wildman–Crippen MR) is 70.3 cm³/mol. The Morgan fingerprint density at radius 2 is 2.11 bits per heavy atom. The lowest BCUT2D eigenvalue weighted by atomic mass is 9.80. The van der Waals surface area contributed by atoms with E-state index in [4.69, 9.17) is 11.6 Å². The fourth-order valence-corrected chi connectivity index (χ4v) is 2.28. The van der Waals surface area contributed by atoms with Crippen molar-refractivity contribution >= 4 is 23.2 Å². The van der Waals surface area contributed by atoms with Gasteiger partial charge in [0.15, 0.2) is 0 Å². The Bertz CT molecular complexity index is 458. The second kappa shape index (κ2) is 5.24. The first-order chi connectivity index (χ1) is 8.51. The number of benzene rings is 1. The van der Waals surface area contributed by atoms with Crippen molar-refractivity contribution in [3.05, 3.63) is 29.0 Å². The average Bonchev–Trinajstić information content (AvgIpc) is 2.33. The first-order valence-corrected chi connectivity index (χ1v) is 6.36. The summed E-state index contributed by atoms with van der Waals surface area (Å²) in [6, 6.07) is 3.97. The van der Waals surface area contributed by atoms with Crippen LogP contribution in [0.2, 0.25) is 5.02 Å². The Morgan fingerprint density at radius 1 is 1.44 bits per heavy atom. The van der Waals surface area contributed by atoms with E-state index in [1.807, 2.05) is 6.92 Å². The van der Waals surface area contributed by atoms with Crippen LogP contribution in [0.1, 0.15) is 19.8 Å². The van der Waals surface area contributed by atoms with Crippen LogP contribution in [0.4, 0.5) is 10.1 Å². The van der Waals surface area contributed by atoms with Gasteiger partial charge in [-0.25, -0.2) is 4.39 Å². The van der Waals surface area contributed by atoms with Gasteiger partial charge in [0, 0.05) is 5.41 Å². The van der Waals surface area contributed by atoms with Crippen molar-refractivity contribution in [3.8, 4) is 0 Å². The van der Waals surface area contributed by atoms with Gasteiger partial charge in [-0.1, -0.05) is 18.5 Å². The Kier molecular flexibility index (Phi) is 3.88. The highest BCUT2D eigenvalue weighted by Crippen LogP contribution is 2.31. The summed E-state index contributed by atoms with van der Waals surface area (Å²) >= 11 is 5.89. The lowest BCUT2D eigenvalue weighted by Crippen LogP contribution is -2.42. The molecule has 1 amide bonds. The van der Waals surface area contributed by atoms with Gasteiger partial charge < -0.3 is 10.6 Å². The van der Waals surface area contributed by atoms with Gasteiger partial charge in [-0.15, -0.1) is 0 Å². The largest absolute Gasteiger partial charge is 0.324 e. The number of halogens is 2. The predicted octanol–water partition coefficient (Wildman–Crippen LogP) is 2.81. The molecule has 3 nitrogen and oxygen atoms in total. The van der Waals surface area contributed by atoms with E-state index in [0.717, 1.165) is 25.9 Å². The van der Waals surface area contributed by atoms with Crippen LogP contribution in [-0.2, 0) is 4.79 Å². The summed E-state index contributed by atoms with van der Waals surface area (Å²) in [6.07, 6.45) is 1.58. The second-order valence-electron chi connectivity index (χ2n) is 4.89. The molecular weight excluding hydrogens is 255 g/mol. The van der Waals surface area contributed by atoms with Gasteiger partial charge >= 0.3 is 0 Å². The Labute approximate surface area is 111 Å². The molecule has 1 aromatic rings. The van der Waals surface area contributed by atoms with Crippen LogP contribution in [0.3, 0.4) is 0 Å². The highest BCUT2D eigenvalue weighted by molar-refractivity contribution is 6.33. The van der Waals surface area contributed by atoms with Crippen LogP contribution in [0.15, 0.2) is 18.2 Å². The maximum Gasteiger partial charge on any atom is 0.230 e. The van der Waals surface area contributed by atoms with E-state index in [9.17, 15) is 9.18 Å². The average molecular weight is 271 g/mol. The number of amides is 1. The first-order valence-electron chi connectivity index (χ1n) is 5.98. The van der Waals surface area contributed by atoms with Gasteiger partial charge in [-0.05, 0) is 44.1 Å². The molecule has 2 N–H and O–H groups in total. The van der Waals surface area contributed by atoms with Gasteiger partial charge in [0.2, 0.25) is 5.91 Å². The molecule has 18 heavy (non-hydrogen) atoms. The molecule has 0 spiro atoms. The molecule has 0 saturated carbocycles. The van der Waals surface area contributed by atoms with Crippen LogP contribution >= 0.6 is 11.6 Å². The number of hydrogen-bond donors (Lipinski definition) is 2. The van der Waals surface area contributed by atoms with E-state index in [1.54, 1.807) is 0 Å². The van der Waals surface area contributed by atoms with Gasteiger partial charge in [-0.2, -0.15) is 0 Å². The molecule has 98 valence electrons. The molecular formula is C13H16ClFN2O. The topological polar surface area (TPSA) is 41.1 Å². The molecule has 0 bridgehead atoms. The van der Waals surface area contributed by atoms with E-state index in [0.29, 0.717) is 5.69 Å². The van der Waals surface area contributed by atoms with E-state index in [2.05, 4.69) is 10.6 Å². The molecule has 0 radical (unpaired) electrons. The fraction of sp³-hybridized carbons (Fsp3) is 0.462. The van der Waals surface area contributed by atoms with Crippen molar-refractivity contribution in [2.45, 2.75) is 19.8 Å². The van der Waals surface area contributed by atoms with Crippen molar-refractivity contribution < 1.29 is 9.18 Å². The maximum atomic E-state index is 12.9. The van der Waals surface area contributed by atoms with Gasteiger partial charge in [0.1, 0.15) is 5.82 Å². The van der Waals surface area contributed by atoms with E-state index < -0.39 is 5.82 Å². The number of rotatable bonds is 2. The summed E-state index contributed by atoms with van der Waals surface area (Å²) in [6.45, 7) is 3.61. The summed E-state index contributed by atoms with van der Waals surface area (Å²) in [7, 11) is 0. The van der Waals surface area contributed by atoms with Gasteiger partial charge in [0.05, 0.1) is 10.7 Å². The van der Waals surface area contributed by atoms with Crippen molar-refractivity contribution in [1.29, 1.82) is 0 Å². The third-order valence-electron chi connectivity index (χ3n) is 3.43. The van der Waals surface area contributed by atoms with Crippen LogP contribution in [0.25, 0.3) is 0 Å². The third-order valence-corrected chi connectivity index (χ3v) is 3.75. The van der Waals surface area contributed by atoms with E-state index in [1.165, 1.54) is 18.2 Å². The van der Waals surface area contributed by atoms with Gasteiger partial charge in [-0.3, -0.25) is 4.79 Å². The minimum Gasteiger partial charge on any atom is -0.324 e. The molecule has 5 heteroatoms. The van der Waals surface area contributed by atoms with Crippen molar-refractivity contribution in [2.24, 2.45) is 5.41 Å². The molecule has 0 aliphatic carbocycles. The van der Waals surface area contributed by atoms with Crippen molar-refractivity contribution in [2.75, 3.05) is 18.4 Å². The highest BCUT2D eigenvalue weighted by Gasteiger charge is 2.34. The summed E-state index contributed by atoms with van der Waals surface area (Å²) in [4.78, 5) is 12.2. The number of anilines is 1. The quantitative estimate of drug-likeness (QED) is 0.868. The fourth-order valence-electron chi connectivity index (χ4n) is 2.07. The number of piperidine rings is 1. The van der Waals surface area contributed by atoms with Crippen molar-refractivity contribution in [1.82, 2.24) is 5.32 Å². The first kappa shape index (κ1) is 13.3. The monoisotopic (exact) mass is 270 g/mol. The number of carbonyl (C=O) groups excluding carboxylic acids is 1. The zero-order valence-corrected chi connectivity index (χ0v) is 11.0. The molecule has 1 heterocycles. The smallest absolute Gasteiger partial charge is 0.230 e. The zero-order chi connectivity index (χ0) is 13.2. The maximum absolute atomic E-state index is 12.9. The molecule has 0 aromatic heterocycles. The minimum atomic E-state index is -0.411. The summed E-state index contributed by atoms with van der Waals surface area (Å²) in [5.41, 5.74) is 0.0750. The molecule has 0 atom stereocenters. The van der Waals surface area contributed by atoms with E-state index in [-0.39, 0.29) is 16.3 Å². The van der Waals surface area contributed by atoms with E-state index >= 15 is 0 Å². The molecule has 1 aliphatic heterocycles. The second-order valence-corrected chi connectivity index (χ2v) is 5.30. The summed E-state index contributed by atoms with van der Waals surface area (Å²) < 4.78 is 12.9. The summed E-state index contributed by atoms with van der Waals surface area (Å²) in [5, 5.41) is 6.23. The van der Waals surface area contributed by atoms with Gasteiger partial charge in [0.25, 0.3) is 0 Å². The lowest BCUT2D eigenvalue weighted by Gasteiger charge is -2.32. The normalized spacial score (nSPS) is 18.4. The van der Waals surface area contributed by atoms with Crippen LogP contribution in [0.5, 0.6) is 0 Å². The molecule has 1 saturated heterocycles. The Balaban J connectivity index is 2.11. The summed E-state index contributed by atoms with van der Waals surface area (Å²) in [5.74, 6) is -0.469. The molecule has 0 unspecified atom stereocenters. The lowest BCUT2D eigenvalue weighted by molar-refractivity contribution is -0.126. The number of nitrogens with one attached hydrogen (secondary N) is 2. The minimum absolute atomic E-state index is 0.0579. The number of hydrogen-bond acceptors (Lipinski definition) is 2.